The van der Waals surface area contributed by atoms with Gasteiger partial charge in [-0.25, -0.2) is 0 Å². The Hall–Kier alpha value is -2.13. The SMILES string of the molecule is C=CCOCCNC(=O)C(CCCN=C(N)N)NC(=O)C(CC(C)C)NC. The van der Waals surface area contributed by atoms with Crippen LogP contribution < -0.4 is 27.4 Å². The molecule has 0 aliphatic carbocycles. The number of aliphatic imine (C=N–C) groups is 1. The monoisotopic (exact) mass is 384 g/mol. The van der Waals surface area contributed by atoms with Crippen LogP contribution in [0.1, 0.15) is 33.1 Å². The highest BCUT2D eigenvalue weighted by Crippen LogP contribution is 2.06. The van der Waals surface area contributed by atoms with Crippen molar-refractivity contribution in [1.29, 1.82) is 0 Å². The van der Waals surface area contributed by atoms with Gasteiger partial charge in [-0.05, 0) is 32.2 Å². The average Bonchev–Trinajstić information content (AvgIpc) is 2.61. The third kappa shape index (κ3) is 12.8. The summed E-state index contributed by atoms with van der Waals surface area (Å²) < 4.78 is 5.24. The van der Waals surface area contributed by atoms with E-state index in [4.69, 9.17) is 16.2 Å². The van der Waals surface area contributed by atoms with Crippen LogP contribution in [0.4, 0.5) is 0 Å². The van der Waals surface area contributed by atoms with E-state index in [-0.39, 0.29) is 23.8 Å². The second-order valence-electron chi connectivity index (χ2n) is 6.64. The van der Waals surface area contributed by atoms with Gasteiger partial charge in [0.15, 0.2) is 5.96 Å². The maximum Gasteiger partial charge on any atom is 0.242 e. The van der Waals surface area contributed by atoms with Gasteiger partial charge in [-0.2, -0.15) is 0 Å². The average molecular weight is 385 g/mol. The Balaban J connectivity index is 4.74. The van der Waals surface area contributed by atoms with Crippen LogP contribution in [0.2, 0.25) is 0 Å². The fourth-order valence-electron chi connectivity index (χ4n) is 2.41. The molecule has 0 spiro atoms. The van der Waals surface area contributed by atoms with Crippen LogP contribution in [0.15, 0.2) is 17.6 Å². The molecule has 27 heavy (non-hydrogen) atoms. The standard InChI is InChI=1S/C18H36N6O3/c1-5-10-27-11-9-22-16(25)14(7-6-8-23-18(19)20)24-17(26)15(21-4)12-13(2)3/h5,13-15,21H,1,6-12H2,2-4H3,(H,22,25)(H,24,26)(H4,19,20,23). The minimum atomic E-state index is -0.658. The summed E-state index contributed by atoms with van der Waals surface area (Å²) >= 11 is 0. The number of carbonyl (C=O) groups is 2. The van der Waals surface area contributed by atoms with Crippen molar-refractivity contribution in [3.63, 3.8) is 0 Å². The van der Waals surface area contributed by atoms with Crippen molar-refractivity contribution < 1.29 is 14.3 Å². The van der Waals surface area contributed by atoms with Crippen LogP contribution >= 0.6 is 0 Å². The van der Waals surface area contributed by atoms with Crippen LogP contribution in [0.3, 0.4) is 0 Å². The van der Waals surface area contributed by atoms with Crippen molar-refractivity contribution in [1.82, 2.24) is 16.0 Å². The summed E-state index contributed by atoms with van der Waals surface area (Å²) in [7, 11) is 1.73. The van der Waals surface area contributed by atoms with Gasteiger partial charge in [0.05, 0.1) is 19.3 Å². The molecule has 0 radical (unpaired) electrons. The van der Waals surface area contributed by atoms with E-state index in [9.17, 15) is 9.59 Å². The summed E-state index contributed by atoms with van der Waals surface area (Å²) in [6, 6.07) is -1.01. The van der Waals surface area contributed by atoms with E-state index < -0.39 is 6.04 Å². The van der Waals surface area contributed by atoms with Crippen LogP contribution in [0.5, 0.6) is 0 Å². The van der Waals surface area contributed by atoms with Crippen LogP contribution in [-0.4, -0.2) is 63.2 Å². The van der Waals surface area contributed by atoms with Crippen molar-refractivity contribution in [3.8, 4) is 0 Å². The third-order valence-corrected chi connectivity index (χ3v) is 3.73. The molecule has 0 rings (SSSR count). The number of nitrogens with two attached hydrogens (primary N) is 2. The number of hydrogen-bond acceptors (Lipinski definition) is 5. The number of guanidine groups is 1. The van der Waals surface area contributed by atoms with Gasteiger partial charge in [0.25, 0.3) is 0 Å². The molecule has 2 unspecified atom stereocenters. The van der Waals surface area contributed by atoms with E-state index in [1.807, 2.05) is 13.8 Å². The van der Waals surface area contributed by atoms with Crippen molar-refractivity contribution >= 4 is 17.8 Å². The predicted octanol–water partition coefficient (Wildman–Crippen LogP) is -0.522. The first-order valence-corrected chi connectivity index (χ1v) is 9.31. The zero-order chi connectivity index (χ0) is 20.7. The van der Waals surface area contributed by atoms with Gasteiger partial charge >= 0.3 is 0 Å². The Labute approximate surface area is 162 Å². The molecule has 0 fully saturated rings. The quantitative estimate of drug-likeness (QED) is 0.111. The smallest absolute Gasteiger partial charge is 0.242 e. The first kappa shape index (κ1) is 24.9. The highest BCUT2D eigenvalue weighted by Gasteiger charge is 2.24. The number of amides is 2. The highest BCUT2D eigenvalue weighted by molar-refractivity contribution is 5.89. The summed E-state index contributed by atoms with van der Waals surface area (Å²) in [5.41, 5.74) is 10.6. The van der Waals surface area contributed by atoms with Crippen LogP contribution in [0.25, 0.3) is 0 Å². The Morgan fingerprint density at radius 2 is 1.93 bits per heavy atom. The van der Waals surface area contributed by atoms with Crippen molar-refractivity contribution in [2.75, 3.05) is 33.4 Å². The molecule has 0 aromatic heterocycles. The van der Waals surface area contributed by atoms with Gasteiger partial charge < -0.3 is 32.2 Å². The lowest BCUT2D eigenvalue weighted by Crippen LogP contribution is -2.52. The fraction of sp³-hybridized carbons (Fsp3) is 0.722. The molecule has 2 atom stereocenters. The third-order valence-electron chi connectivity index (χ3n) is 3.73. The summed E-state index contributed by atoms with van der Waals surface area (Å²) in [6.07, 6.45) is 3.32. The molecular formula is C18H36N6O3. The molecule has 156 valence electrons. The van der Waals surface area contributed by atoms with Crippen molar-refractivity contribution in [2.45, 2.75) is 45.2 Å². The molecule has 0 saturated heterocycles. The molecule has 0 aliphatic heterocycles. The summed E-state index contributed by atoms with van der Waals surface area (Å²) in [6.45, 7) is 9.19. The number of carbonyl (C=O) groups excluding carboxylic acids is 2. The zero-order valence-corrected chi connectivity index (χ0v) is 16.8. The number of likely N-dealkylation sites (N-methyl/N-ethyl adjacent to an activating group) is 1. The second kappa shape index (κ2) is 15.0. The minimum Gasteiger partial charge on any atom is -0.376 e. The Morgan fingerprint density at radius 1 is 1.22 bits per heavy atom. The topological polar surface area (TPSA) is 144 Å². The molecule has 0 aromatic carbocycles. The lowest BCUT2D eigenvalue weighted by Gasteiger charge is -2.23. The molecule has 0 aliphatic rings. The van der Waals surface area contributed by atoms with Crippen molar-refractivity contribution in [3.05, 3.63) is 12.7 Å². The Morgan fingerprint density at radius 3 is 2.48 bits per heavy atom. The Kier molecular flexibility index (Phi) is 13.8. The summed E-state index contributed by atoms with van der Waals surface area (Å²) in [5, 5.41) is 8.61. The van der Waals surface area contributed by atoms with Gasteiger partial charge in [-0.15, -0.1) is 6.58 Å². The molecule has 0 heterocycles. The van der Waals surface area contributed by atoms with Gasteiger partial charge in [-0.3, -0.25) is 14.6 Å². The molecule has 0 aromatic rings. The van der Waals surface area contributed by atoms with Crippen molar-refractivity contribution in [2.24, 2.45) is 22.4 Å². The lowest BCUT2D eigenvalue weighted by molar-refractivity contribution is -0.130. The van der Waals surface area contributed by atoms with E-state index in [1.165, 1.54) is 0 Å². The van der Waals surface area contributed by atoms with E-state index in [0.29, 0.717) is 51.5 Å². The van der Waals surface area contributed by atoms with E-state index in [1.54, 1.807) is 13.1 Å². The summed E-state index contributed by atoms with van der Waals surface area (Å²) in [5.74, 6) is -0.0957. The second-order valence-corrected chi connectivity index (χ2v) is 6.64. The summed E-state index contributed by atoms with van der Waals surface area (Å²) in [4.78, 5) is 28.9. The fourth-order valence-corrected chi connectivity index (χ4v) is 2.41. The number of hydrogen-bond donors (Lipinski definition) is 5. The molecule has 7 N–H and O–H groups in total. The van der Waals surface area contributed by atoms with E-state index in [2.05, 4.69) is 27.5 Å². The first-order valence-electron chi connectivity index (χ1n) is 9.31. The van der Waals surface area contributed by atoms with Crippen LogP contribution in [0, 0.1) is 5.92 Å². The van der Waals surface area contributed by atoms with Crippen LogP contribution in [-0.2, 0) is 14.3 Å². The lowest BCUT2D eigenvalue weighted by atomic mass is 10.0. The molecule has 2 amide bonds. The molecule has 9 nitrogen and oxygen atoms in total. The first-order chi connectivity index (χ1) is 12.8. The van der Waals surface area contributed by atoms with Gasteiger partial charge in [0.1, 0.15) is 6.04 Å². The number of rotatable bonds is 15. The minimum absolute atomic E-state index is 0.00610. The number of nitrogens with zero attached hydrogens (tertiary/aromatic N) is 1. The molecule has 9 heteroatoms. The number of nitrogens with one attached hydrogen (secondary N) is 3. The molecular weight excluding hydrogens is 348 g/mol. The predicted molar refractivity (Wildman–Crippen MR) is 108 cm³/mol. The largest absolute Gasteiger partial charge is 0.376 e. The normalized spacial score (nSPS) is 12.9. The Bertz CT molecular complexity index is 478. The van der Waals surface area contributed by atoms with E-state index in [0.717, 1.165) is 0 Å². The maximum absolute atomic E-state index is 12.5. The number of ether oxygens (including phenoxy) is 1. The zero-order valence-electron chi connectivity index (χ0n) is 16.8. The molecule has 0 bridgehead atoms. The van der Waals surface area contributed by atoms with Gasteiger partial charge in [0, 0.05) is 13.1 Å². The molecule has 0 saturated carbocycles. The van der Waals surface area contributed by atoms with Gasteiger partial charge in [0.2, 0.25) is 11.8 Å². The highest BCUT2D eigenvalue weighted by atomic mass is 16.5. The maximum atomic E-state index is 12.5. The van der Waals surface area contributed by atoms with Gasteiger partial charge in [-0.1, -0.05) is 19.9 Å². The van der Waals surface area contributed by atoms with E-state index >= 15 is 0 Å².